The van der Waals surface area contributed by atoms with Crippen LogP contribution in [0.15, 0.2) is 20.6 Å². The molecule has 10 nitrogen and oxygen atoms in total. The topological polar surface area (TPSA) is 182 Å². The molecule has 14 heavy (non-hydrogen) atoms. The monoisotopic (exact) mass is 204 g/mol. The van der Waals surface area contributed by atoms with Crippen LogP contribution in [-0.4, -0.2) is 43.9 Å². The van der Waals surface area contributed by atoms with E-state index >= 15 is 0 Å². The lowest BCUT2D eigenvalue weighted by atomic mass is 10.2. The summed E-state index contributed by atoms with van der Waals surface area (Å²) >= 11 is 0. The van der Waals surface area contributed by atoms with Gasteiger partial charge in [0.15, 0.2) is 23.1 Å². The number of nitrogens with two attached hydrogens (primary N) is 2. The van der Waals surface area contributed by atoms with Crippen molar-refractivity contribution in [2.45, 2.75) is 0 Å². The maximum absolute atomic E-state index is 8.41. The van der Waals surface area contributed by atoms with Gasteiger partial charge in [-0.3, -0.25) is 0 Å². The maximum atomic E-state index is 8.41. The van der Waals surface area contributed by atoms with Crippen LogP contribution in [0, 0.1) is 0 Å². The van der Waals surface area contributed by atoms with Gasteiger partial charge in [-0.05, 0) is 0 Å². The summed E-state index contributed by atoms with van der Waals surface area (Å²) in [6.07, 6.45) is 0. The summed E-state index contributed by atoms with van der Waals surface area (Å²) < 4.78 is 0. The number of oxime groups is 4. The Hall–Kier alpha value is -2.52. The Morgan fingerprint density at radius 1 is 0.643 bits per heavy atom. The van der Waals surface area contributed by atoms with Gasteiger partial charge in [0.05, 0.1) is 0 Å². The Bertz CT molecular complexity index is 286. The van der Waals surface area contributed by atoms with E-state index in [2.05, 4.69) is 20.6 Å². The molecule has 0 radical (unpaired) electrons. The molecule has 0 fully saturated rings. The average molecular weight is 204 g/mol. The van der Waals surface area contributed by atoms with Crippen LogP contribution >= 0.6 is 0 Å². The number of rotatable bonds is 3. The minimum Gasteiger partial charge on any atom is -0.410 e. The molecule has 0 aliphatic carbocycles. The maximum Gasteiger partial charge on any atom is 0.194 e. The van der Waals surface area contributed by atoms with E-state index in [9.17, 15) is 0 Å². The van der Waals surface area contributed by atoms with Crippen LogP contribution in [0.2, 0.25) is 0 Å². The van der Waals surface area contributed by atoms with Crippen molar-refractivity contribution in [1.82, 2.24) is 0 Å². The molecule has 0 aliphatic heterocycles. The van der Waals surface area contributed by atoms with E-state index in [0.29, 0.717) is 0 Å². The molecule has 0 unspecified atom stereocenters. The molecule has 0 aromatic rings. The van der Waals surface area contributed by atoms with Crippen LogP contribution in [0.3, 0.4) is 0 Å². The van der Waals surface area contributed by atoms with Gasteiger partial charge in [-0.2, -0.15) is 0 Å². The third kappa shape index (κ3) is 2.23. The second kappa shape index (κ2) is 5.18. The van der Waals surface area contributed by atoms with Crippen molar-refractivity contribution in [2.24, 2.45) is 32.1 Å². The second-order valence-corrected chi connectivity index (χ2v) is 1.87. The van der Waals surface area contributed by atoms with Crippen LogP contribution < -0.4 is 11.5 Å². The molecular weight excluding hydrogens is 196 g/mol. The van der Waals surface area contributed by atoms with E-state index in [1.54, 1.807) is 0 Å². The van der Waals surface area contributed by atoms with Crippen molar-refractivity contribution in [2.75, 3.05) is 0 Å². The second-order valence-electron chi connectivity index (χ2n) is 1.87. The SMILES string of the molecule is NC(=N\O)/C(=N\O)C(=N\O)/C(N)=N/O. The highest BCUT2D eigenvalue weighted by Gasteiger charge is 2.20. The fourth-order valence-corrected chi connectivity index (χ4v) is 0.535. The summed E-state index contributed by atoms with van der Waals surface area (Å²) in [6.45, 7) is 0. The van der Waals surface area contributed by atoms with Gasteiger partial charge in [-0.15, -0.1) is 0 Å². The minimum absolute atomic E-state index is 0.648. The number of nitrogens with zero attached hydrogens (tertiary/aromatic N) is 4. The lowest BCUT2D eigenvalue weighted by Gasteiger charge is -2.02. The van der Waals surface area contributed by atoms with Crippen molar-refractivity contribution in [3.05, 3.63) is 0 Å². The van der Waals surface area contributed by atoms with Gasteiger partial charge >= 0.3 is 0 Å². The van der Waals surface area contributed by atoms with Crippen molar-refractivity contribution in [3.8, 4) is 0 Å². The van der Waals surface area contributed by atoms with Gasteiger partial charge < -0.3 is 32.3 Å². The van der Waals surface area contributed by atoms with Crippen LogP contribution in [-0.2, 0) is 0 Å². The zero-order valence-electron chi connectivity index (χ0n) is 6.73. The van der Waals surface area contributed by atoms with Crippen LogP contribution in [0.5, 0.6) is 0 Å². The number of hydrogen-bond donors (Lipinski definition) is 6. The van der Waals surface area contributed by atoms with Crippen LogP contribution in [0.1, 0.15) is 0 Å². The zero-order chi connectivity index (χ0) is 11.1. The Balaban J connectivity index is 5.25. The summed E-state index contributed by atoms with van der Waals surface area (Å²) in [5.41, 5.74) is 8.75. The predicted octanol–water partition coefficient (Wildman–Crippen LogP) is -1.86. The lowest BCUT2D eigenvalue weighted by molar-refractivity contribution is 0.310. The van der Waals surface area contributed by atoms with Gasteiger partial charge in [0.2, 0.25) is 0 Å². The Morgan fingerprint density at radius 3 is 1.07 bits per heavy atom. The van der Waals surface area contributed by atoms with Crippen LogP contribution in [0.4, 0.5) is 0 Å². The zero-order valence-corrected chi connectivity index (χ0v) is 6.73. The van der Waals surface area contributed by atoms with Crippen molar-refractivity contribution in [3.63, 3.8) is 0 Å². The van der Waals surface area contributed by atoms with Crippen molar-refractivity contribution >= 4 is 23.1 Å². The normalized spacial score (nSPS) is 15.7. The molecule has 78 valence electrons. The third-order valence-corrected chi connectivity index (χ3v) is 1.13. The highest BCUT2D eigenvalue weighted by molar-refractivity contribution is 6.81. The van der Waals surface area contributed by atoms with E-state index in [4.69, 9.17) is 32.3 Å². The lowest BCUT2D eigenvalue weighted by Crippen LogP contribution is -2.39. The largest absolute Gasteiger partial charge is 0.410 e. The fraction of sp³-hybridized carbons (Fsp3) is 0. The molecule has 0 saturated heterocycles. The molecule has 0 bridgehead atoms. The van der Waals surface area contributed by atoms with Crippen LogP contribution in [0.25, 0.3) is 0 Å². The molecule has 8 N–H and O–H groups in total. The highest BCUT2D eigenvalue weighted by atomic mass is 16.4. The Kier molecular flexibility index (Phi) is 4.25. The first-order valence-electron chi connectivity index (χ1n) is 3.02. The first kappa shape index (κ1) is 11.5. The van der Waals surface area contributed by atoms with Gasteiger partial charge in [0, 0.05) is 0 Å². The summed E-state index contributed by atoms with van der Waals surface area (Å²) in [7, 11) is 0. The summed E-state index contributed by atoms with van der Waals surface area (Å²) in [5, 5.41) is 43.3. The van der Waals surface area contributed by atoms with E-state index < -0.39 is 23.1 Å². The first-order valence-corrected chi connectivity index (χ1v) is 3.02. The van der Waals surface area contributed by atoms with Gasteiger partial charge in [0.25, 0.3) is 0 Å². The molecule has 0 amide bonds. The molecular formula is C4H8N6O4. The standard InChI is InChI=1S/C4H8N6O4/c5-3(9-13)1(7-11)2(8-12)4(6)10-14/h11-14H,(H2,5,9)(H2,6,10)/b7-1-,8-2+. The summed E-state index contributed by atoms with van der Waals surface area (Å²) in [4.78, 5) is 0. The summed E-state index contributed by atoms with van der Waals surface area (Å²) in [6, 6.07) is 0. The highest BCUT2D eigenvalue weighted by Crippen LogP contribution is 1.87. The van der Waals surface area contributed by atoms with Gasteiger partial charge in [0.1, 0.15) is 0 Å². The molecule has 0 rings (SSSR count). The third-order valence-electron chi connectivity index (χ3n) is 1.13. The fourth-order valence-electron chi connectivity index (χ4n) is 0.535. The van der Waals surface area contributed by atoms with E-state index in [-0.39, 0.29) is 0 Å². The smallest absolute Gasteiger partial charge is 0.194 e. The van der Waals surface area contributed by atoms with E-state index in [1.807, 2.05) is 0 Å². The first-order chi connectivity index (χ1) is 6.62. The van der Waals surface area contributed by atoms with E-state index in [1.165, 1.54) is 0 Å². The quantitative estimate of drug-likeness (QED) is 0.135. The van der Waals surface area contributed by atoms with Gasteiger partial charge in [-0.1, -0.05) is 20.6 Å². The molecule has 0 heterocycles. The molecule has 0 aromatic carbocycles. The average Bonchev–Trinajstić information content (AvgIpc) is 2.23. The summed E-state index contributed by atoms with van der Waals surface area (Å²) in [5.74, 6) is -1.35. The Labute approximate surface area is 77.1 Å². The molecule has 0 spiro atoms. The molecule has 0 aliphatic rings. The van der Waals surface area contributed by atoms with Crippen molar-refractivity contribution in [1.29, 1.82) is 0 Å². The van der Waals surface area contributed by atoms with Gasteiger partial charge in [-0.25, -0.2) is 0 Å². The number of hydrogen-bond acceptors (Lipinski definition) is 8. The molecule has 0 saturated carbocycles. The molecule has 10 heteroatoms. The number of amidine groups is 2. The Morgan fingerprint density at radius 2 is 0.929 bits per heavy atom. The molecule has 0 aromatic heterocycles. The predicted molar refractivity (Wildman–Crippen MR) is 45.3 cm³/mol. The van der Waals surface area contributed by atoms with Crippen molar-refractivity contribution < 1.29 is 20.8 Å². The van der Waals surface area contributed by atoms with E-state index in [0.717, 1.165) is 0 Å². The molecule has 0 atom stereocenters. The minimum atomic E-state index is -0.674.